The number of hydrogen-bond acceptors (Lipinski definition) is 8. The lowest BCUT2D eigenvalue weighted by Gasteiger charge is -2.39. The second-order valence-corrected chi connectivity index (χ2v) is 8.45. The van der Waals surface area contributed by atoms with Crippen molar-refractivity contribution in [3.63, 3.8) is 0 Å². The van der Waals surface area contributed by atoms with Crippen molar-refractivity contribution in [1.29, 1.82) is 0 Å². The van der Waals surface area contributed by atoms with Gasteiger partial charge in [-0.25, -0.2) is 4.68 Å². The molecule has 0 aliphatic carbocycles. The molecule has 1 aromatic carbocycles. The second kappa shape index (κ2) is 9.18. The lowest BCUT2D eigenvalue weighted by molar-refractivity contribution is 0.106. The van der Waals surface area contributed by atoms with Gasteiger partial charge in [0.25, 0.3) is 0 Å². The quantitative estimate of drug-likeness (QED) is 0.677. The molecule has 0 unspecified atom stereocenters. The van der Waals surface area contributed by atoms with E-state index in [-0.39, 0.29) is 11.6 Å². The Morgan fingerprint density at radius 1 is 0.967 bits per heavy atom. The first-order valence-corrected chi connectivity index (χ1v) is 10.4. The van der Waals surface area contributed by atoms with Gasteiger partial charge in [0.15, 0.2) is 17.3 Å². The molecule has 0 radical (unpaired) electrons. The summed E-state index contributed by atoms with van der Waals surface area (Å²) in [7, 11) is 4.88. The highest BCUT2D eigenvalue weighted by molar-refractivity contribution is 5.55. The van der Waals surface area contributed by atoms with Crippen molar-refractivity contribution in [2.75, 3.05) is 54.1 Å². The third-order valence-corrected chi connectivity index (χ3v) is 5.60. The highest BCUT2D eigenvalue weighted by Gasteiger charge is 2.34. The number of hydrogen-bond donors (Lipinski definition) is 0. The van der Waals surface area contributed by atoms with E-state index in [0.717, 1.165) is 44.1 Å². The van der Waals surface area contributed by atoms with E-state index in [9.17, 15) is 0 Å². The fourth-order valence-electron chi connectivity index (χ4n) is 3.96. The molecule has 1 aromatic heterocycles. The summed E-state index contributed by atoms with van der Waals surface area (Å²) in [6, 6.07) is 3.87. The smallest absolute Gasteiger partial charge is 0.203 e. The van der Waals surface area contributed by atoms with Gasteiger partial charge in [0.05, 0.1) is 32.9 Å². The molecule has 1 aliphatic rings. The summed E-state index contributed by atoms with van der Waals surface area (Å²) in [6.45, 7) is 13.4. The Bertz CT molecular complexity index is 815. The van der Waals surface area contributed by atoms with E-state index in [2.05, 4.69) is 53.0 Å². The third kappa shape index (κ3) is 4.37. The molecule has 2 heterocycles. The molecule has 1 atom stereocenters. The number of piperazine rings is 1. The Balaban J connectivity index is 2.13. The monoisotopic (exact) mass is 418 g/mol. The van der Waals surface area contributed by atoms with Crippen LogP contribution < -0.4 is 14.2 Å². The van der Waals surface area contributed by atoms with Crippen LogP contribution in [0.25, 0.3) is 0 Å². The molecule has 30 heavy (non-hydrogen) atoms. The van der Waals surface area contributed by atoms with Crippen LogP contribution in [0.2, 0.25) is 0 Å². The number of methoxy groups -OCH3 is 3. The van der Waals surface area contributed by atoms with Crippen LogP contribution in [-0.2, 0) is 5.54 Å². The van der Waals surface area contributed by atoms with Gasteiger partial charge in [-0.2, -0.15) is 0 Å². The van der Waals surface area contributed by atoms with Crippen LogP contribution in [0.4, 0.5) is 0 Å². The molecular weight excluding hydrogens is 384 g/mol. The second-order valence-electron chi connectivity index (χ2n) is 8.45. The third-order valence-electron chi connectivity index (χ3n) is 5.60. The minimum absolute atomic E-state index is 0.132. The van der Waals surface area contributed by atoms with Gasteiger partial charge in [0.1, 0.15) is 0 Å². The van der Waals surface area contributed by atoms with Crippen molar-refractivity contribution in [2.45, 2.75) is 39.3 Å². The maximum absolute atomic E-state index is 5.62. The molecule has 1 saturated heterocycles. The Hall–Kier alpha value is -2.39. The molecule has 3 rings (SSSR count). The van der Waals surface area contributed by atoms with E-state index in [4.69, 9.17) is 14.2 Å². The number of likely N-dealkylation sites (N-methyl/N-ethyl adjacent to an activating group) is 1. The first kappa shape index (κ1) is 22.3. The lowest BCUT2D eigenvalue weighted by Crippen LogP contribution is -2.48. The summed E-state index contributed by atoms with van der Waals surface area (Å²) in [5.41, 5.74) is 0.762. The van der Waals surface area contributed by atoms with Crippen molar-refractivity contribution in [1.82, 2.24) is 30.0 Å². The molecule has 0 spiro atoms. The van der Waals surface area contributed by atoms with E-state index in [1.807, 2.05) is 16.8 Å². The van der Waals surface area contributed by atoms with Crippen molar-refractivity contribution < 1.29 is 14.2 Å². The fourth-order valence-corrected chi connectivity index (χ4v) is 3.96. The van der Waals surface area contributed by atoms with E-state index < -0.39 is 0 Å². The van der Waals surface area contributed by atoms with Crippen LogP contribution in [0.3, 0.4) is 0 Å². The normalized spacial score (nSPS) is 17.0. The van der Waals surface area contributed by atoms with Crippen LogP contribution >= 0.6 is 0 Å². The molecule has 0 bridgehead atoms. The summed E-state index contributed by atoms with van der Waals surface area (Å²) in [5, 5.41) is 12.8. The Labute approximate surface area is 178 Å². The number of tetrazole rings is 1. The van der Waals surface area contributed by atoms with Gasteiger partial charge in [0, 0.05) is 26.2 Å². The zero-order chi connectivity index (χ0) is 21.9. The zero-order valence-electron chi connectivity index (χ0n) is 19.2. The summed E-state index contributed by atoms with van der Waals surface area (Å²) in [6.07, 6.45) is 0. The highest BCUT2D eigenvalue weighted by Crippen LogP contribution is 2.42. The van der Waals surface area contributed by atoms with Gasteiger partial charge in [0.2, 0.25) is 5.75 Å². The van der Waals surface area contributed by atoms with Gasteiger partial charge >= 0.3 is 0 Å². The predicted molar refractivity (Wildman–Crippen MR) is 114 cm³/mol. The Morgan fingerprint density at radius 2 is 1.57 bits per heavy atom. The average molecular weight is 419 g/mol. The minimum atomic E-state index is -0.247. The van der Waals surface area contributed by atoms with Crippen molar-refractivity contribution in [3.05, 3.63) is 23.5 Å². The minimum Gasteiger partial charge on any atom is -0.493 e. The molecule has 9 nitrogen and oxygen atoms in total. The molecular formula is C21H34N6O3. The first-order valence-electron chi connectivity index (χ1n) is 10.4. The van der Waals surface area contributed by atoms with Crippen molar-refractivity contribution in [3.8, 4) is 17.2 Å². The zero-order valence-corrected chi connectivity index (χ0v) is 19.2. The Morgan fingerprint density at radius 3 is 2.03 bits per heavy atom. The number of rotatable bonds is 7. The number of nitrogens with zero attached hydrogens (tertiary/aromatic N) is 6. The van der Waals surface area contributed by atoms with Crippen LogP contribution in [0.1, 0.15) is 45.1 Å². The lowest BCUT2D eigenvalue weighted by atomic mass is 10.0. The molecule has 2 aromatic rings. The van der Waals surface area contributed by atoms with E-state index >= 15 is 0 Å². The molecule has 0 amide bonds. The molecule has 1 aliphatic heterocycles. The molecule has 9 heteroatoms. The topological polar surface area (TPSA) is 77.8 Å². The largest absolute Gasteiger partial charge is 0.493 e. The fraction of sp³-hybridized carbons (Fsp3) is 0.667. The number of aromatic nitrogens is 4. The molecule has 166 valence electrons. The molecule has 0 N–H and O–H groups in total. The summed E-state index contributed by atoms with van der Waals surface area (Å²) >= 11 is 0. The maximum atomic E-state index is 5.62. The van der Waals surface area contributed by atoms with Gasteiger partial charge in [-0.3, -0.25) is 4.90 Å². The summed E-state index contributed by atoms with van der Waals surface area (Å²) < 4.78 is 18.7. The van der Waals surface area contributed by atoms with Gasteiger partial charge in [-0.15, -0.1) is 5.10 Å². The highest BCUT2D eigenvalue weighted by atomic mass is 16.5. The first-order chi connectivity index (χ1) is 14.3. The predicted octanol–water partition coefficient (Wildman–Crippen LogP) is 2.18. The molecule has 1 fully saturated rings. The number of ether oxygens (including phenoxy) is 3. The van der Waals surface area contributed by atoms with Gasteiger partial charge in [-0.05, 0) is 55.4 Å². The van der Waals surface area contributed by atoms with Crippen LogP contribution in [0, 0.1) is 0 Å². The summed E-state index contributed by atoms with van der Waals surface area (Å²) in [5.74, 6) is 2.63. The van der Waals surface area contributed by atoms with E-state index in [0.29, 0.717) is 17.2 Å². The standard InChI is InChI=1S/C21H34N6O3/c1-8-25-9-11-26(12-10-25)18(20-22-23-24-27(20)21(2,3)4)15-13-16(28-5)19(30-7)17(14-15)29-6/h13-14,18H,8-12H2,1-7H3/t18-/m0/s1. The van der Waals surface area contributed by atoms with Gasteiger partial charge < -0.3 is 19.1 Å². The van der Waals surface area contributed by atoms with Crippen LogP contribution in [-0.4, -0.2) is 84.1 Å². The van der Waals surface area contributed by atoms with Crippen molar-refractivity contribution >= 4 is 0 Å². The maximum Gasteiger partial charge on any atom is 0.203 e. The van der Waals surface area contributed by atoms with Gasteiger partial charge in [-0.1, -0.05) is 6.92 Å². The molecule has 0 saturated carbocycles. The average Bonchev–Trinajstić information content (AvgIpc) is 3.23. The summed E-state index contributed by atoms with van der Waals surface area (Å²) in [4.78, 5) is 4.89. The van der Waals surface area contributed by atoms with Crippen molar-refractivity contribution in [2.24, 2.45) is 0 Å². The Kier molecular flexibility index (Phi) is 6.82. The SMILES string of the molecule is CCN1CCN([C@@H](c2cc(OC)c(OC)c(OC)c2)c2nnnn2C(C)(C)C)CC1. The van der Waals surface area contributed by atoms with Crippen LogP contribution in [0.5, 0.6) is 17.2 Å². The van der Waals surface area contributed by atoms with E-state index in [1.165, 1.54) is 0 Å². The van der Waals surface area contributed by atoms with Crippen LogP contribution in [0.15, 0.2) is 12.1 Å². The number of benzene rings is 1. The van der Waals surface area contributed by atoms with E-state index in [1.54, 1.807) is 21.3 Å².